The van der Waals surface area contributed by atoms with Crippen LogP contribution in [0.5, 0.6) is 0 Å². The molecule has 2 aromatic heterocycles. The summed E-state index contributed by atoms with van der Waals surface area (Å²) in [5.41, 5.74) is 0.0919. The highest BCUT2D eigenvalue weighted by Gasteiger charge is 2.14. The number of methoxy groups -OCH3 is 1. The molecule has 0 aliphatic heterocycles. The summed E-state index contributed by atoms with van der Waals surface area (Å²) >= 11 is 0. The van der Waals surface area contributed by atoms with Gasteiger partial charge in [-0.1, -0.05) is 0 Å². The number of carbonyl (C=O) groups excluding carboxylic acids is 5. The summed E-state index contributed by atoms with van der Waals surface area (Å²) in [5.74, 6) is -2.60. The maximum atomic E-state index is 11.9. The highest BCUT2D eigenvalue weighted by molar-refractivity contribution is 5.98. The van der Waals surface area contributed by atoms with Crippen molar-refractivity contribution in [2.75, 3.05) is 30.8 Å². The fourth-order valence-corrected chi connectivity index (χ4v) is 1.97. The number of carbonyl (C=O) groups is 5. The number of rotatable bonds is 8. The van der Waals surface area contributed by atoms with E-state index in [2.05, 4.69) is 46.4 Å². The van der Waals surface area contributed by atoms with Gasteiger partial charge in [-0.25, -0.2) is 4.79 Å². The Balaban J connectivity index is 1.72. The quantitative estimate of drug-likeness (QED) is 0.280. The van der Waals surface area contributed by atoms with Gasteiger partial charge in [0.05, 0.1) is 20.2 Å². The van der Waals surface area contributed by atoms with Crippen LogP contribution in [-0.4, -0.2) is 70.2 Å². The number of nitrogens with zero attached hydrogens (tertiary/aromatic N) is 2. The largest absolute Gasteiger partial charge is 0.464 e. The van der Waals surface area contributed by atoms with E-state index in [1.54, 1.807) is 0 Å². The van der Waals surface area contributed by atoms with Crippen LogP contribution in [0.3, 0.4) is 0 Å². The van der Waals surface area contributed by atoms with Gasteiger partial charge in [0.25, 0.3) is 5.91 Å². The summed E-state index contributed by atoms with van der Waals surface area (Å²) < 4.78 is 4.49. The molecule has 14 heteroatoms. The van der Waals surface area contributed by atoms with Crippen molar-refractivity contribution in [1.82, 2.24) is 31.0 Å². The first-order valence-electron chi connectivity index (χ1n) is 8.10. The van der Waals surface area contributed by atoms with E-state index in [1.807, 2.05) is 0 Å². The molecule has 0 spiro atoms. The maximum Gasteiger partial charge on any atom is 0.356 e. The van der Waals surface area contributed by atoms with Crippen molar-refractivity contribution in [3.05, 3.63) is 23.5 Å². The number of ether oxygens (including phenoxy) is 1. The van der Waals surface area contributed by atoms with E-state index in [9.17, 15) is 24.0 Å². The third-order valence-corrected chi connectivity index (χ3v) is 3.23. The molecule has 2 heterocycles. The van der Waals surface area contributed by atoms with Gasteiger partial charge < -0.3 is 26.0 Å². The number of aromatic nitrogens is 4. The Labute approximate surface area is 163 Å². The predicted molar refractivity (Wildman–Crippen MR) is 96.8 cm³/mol. The van der Waals surface area contributed by atoms with E-state index in [0.717, 1.165) is 0 Å². The van der Waals surface area contributed by atoms with Crippen molar-refractivity contribution in [2.24, 2.45) is 0 Å². The standard InChI is InChI=1S/C15H18N8O6/c1-7(24)18-10-3-8(20-22-10)14(27)17-5-12(25)16-6-13(26)19-11-4-9(21-23-11)15(28)29-2/h3-4H,5-6H2,1-2H3,(H,16,25)(H,17,27)(H2,18,20,22,24)(H2,19,21,23,26). The Morgan fingerprint density at radius 3 is 2.14 bits per heavy atom. The Morgan fingerprint density at radius 1 is 0.897 bits per heavy atom. The van der Waals surface area contributed by atoms with E-state index in [-0.39, 0.29) is 35.5 Å². The molecule has 0 saturated heterocycles. The zero-order chi connectivity index (χ0) is 21.4. The molecule has 0 aliphatic rings. The molecule has 0 fully saturated rings. The molecule has 154 valence electrons. The summed E-state index contributed by atoms with van der Waals surface area (Å²) in [6.07, 6.45) is 0. The molecule has 0 unspecified atom stereocenters. The molecule has 0 radical (unpaired) electrons. The van der Waals surface area contributed by atoms with Crippen LogP contribution >= 0.6 is 0 Å². The third kappa shape index (κ3) is 6.46. The monoisotopic (exact) mass is 406 g/mol. The van der Waals surface area contributed by atoms with E-state index in [1.165, 1.54) is 26.2 Å². The lowest BCUT2D eigenvalue weighted by atomic mass is 10.4. The molecular formula is C15H18N8O6. The van der Waals surface area contributed by atoms with E-state index >= 15 is 0 Å². The Morgan fingerprint density at radius 2 is 1.48 bits per heavy atom. The lowest BCUT2D eigenvalue weighted by molar-refractivity contribution is -0.123. The first-order chi connectivity index (χ1) is 13.8. The Hall–Kier alpha value is -4.23. The zero-order valence-electron chi connectivity index (χ0n) is 15.4. The number of hydrogen-bond donors (Lipinski definition) is 6. The average Bonchev–Trinajstić information content (AvgIpc) is 3.33. The minimum Gasteiger partial charge on any atom is -0.464 e. The number of H-pyrrole nitrogens is 2. The molecule has 29 heavy (non-hydrogen) atoms. The molecule has 2 rings (SSSR count). The number of amides is 4. The molecule has 0 atom stereocenters. The smallest absolute Gasteiger partial charge is 0.356 e. The molecule has 0 aromatic carbocycles. The average molecular weight is 406 g/mol. The van der Waals surface area contributed by atoms with Crippen molar-refractivity contribution in [3.8, 4) is 0 Å². The van der Waals surface area contributed by atoms with Crippen LogP contribution in [0.25, 0.3) is 0 Å². The molecule has 14 nitrogen and oxygen atoms in total. The molecular weight excluding hydrogens is 388 g/mol. The second-order valence-electron chi connectivity index (χ2n) is 5.51. The van der Waals surface area contributed by atoms with Crippen molar-refractivity contribution in [3.63, 3.8) is 0 Å². The Kier molecular flexibility index (Phi) is 7.00. The van der Waals surface area contributed by atoms with Gasteiger partial charge in [-0.15, -0.1) is 0 Å². The van der Waals surface area contributed by atoms with Crippen LogP contribution in [-0.2, 0) is 19.1 Å². The highest BCUT2D eigenvalue weighted by Crippen LogP contribution is 2.06. The van der Waals surface area contributed by atoms with E-state index in [0.29, 0.717) is 0 Å². The minimum atomic E-state index is -0.650. The van der Waals surface area contributed by atoms with E-state index < -0.39 is 30.2 Å². The summed E-state index contributed by atoms with van der Waals surface area (Å²) in [6.45, 7) is 0.514. The molecule has 2 aromatic rings. The molecule has 0 aliphatic carbocycles. The summed E-state index contributed by atoms with van der Waals surface area (Å²) in [6, 6.07) is 2.57. The molecule has 6 N–H and O–H groups in total. The van der Waals surface area contributed by atoms with Crippen molar-refractivity contribution in [2.45, 2.75) is 6.92 Å². The predicted octanol–water partition coefficient (Wildman–Crippen LogP) is -1.64. The first kappa shape index (κ1) is 21.1. The van der Waals surface area contributed by atoms with Crippen LogP contribution in [0.4, 0.5) is 11.6 Å². The lowest BCUT2D eigenvalue weighted by Crippen LogP contribution is -2.40. The van der Waals surface area contributed by atoms with Crippen molar-refractivity contribution in [1.29, 1.82) is 0 Å². The summed E-state index contributed by atoms with van der Waals surface area (Å²) in [4.78, 5) is 57.6. The number of aromatic amines is 2. The SMILES string of the molecule is COC(=O)c1cc(NC(=O)CNC(=O)CNC(=O)c2cc(NC(C)=O)n[nH]2)n[nH]1. The first-order valence-corrected chi connectivity index (χ1v) is 8.10. The highest BCUT2D eigenvalue weighted by atomic mass is 16.5. The van der Waals surface area contributed by atoms with Crippen molar-refractivity contribution >= 4 is 41.2 Å². The second kappa shape index (κ2) is 9.63. The van der Waals surface area contributed by atoms with Gasteiger partial charge in [-0.3, -0.25) is 29.4 Å². The zero-order valence-corrected chi connectivity index (χ0v) is 15.4. The fourth-order valence-electron chi connectivity index (χ4n) is 1.97. The van der Waals surface area contributed by atoms with Gasteiger partial charge in [-0.05, 0) is 0 Å². The number of esters is 1. The van der Waals surface area contributed by atoms with Gasteiger partial charge >= 0.3 is 5.97 Å². The molecule has 0 saturated carbocycles. The van der Waals surface area contributed by atoms with Crippen LogP contribution in [0.2, 0.25) is 0 Å². The number of nitrogens with one attached hydrogen (secondary N) is 6. The summed E-state index contributed by atoms with van der Waals surface area (Å²) in [5, 5.41) is 21.6. The number of anilines is 2. The Bertz CT molecular complexity index is 933. The van der Waals surface area contributed by atoms with Gasteiger partial charge in [0, 0.05) is 19.1 Å². The van der Waals surface area contributed by atoms with Gasteiger partial charge in [0.2, 0.25) is 17.7 Å². The topological polar surface area (TPSA) is 200 Å². The van der Waals surface area contributed by atoms with Crippen LogP contribution in [0, 0.1) is 0 Å². The van der Waals surface area contributed by atoms with Crippen LogP contribution in [0.15, 0.2) is 12.1 Å². The molecule has 4 amide bonds. The van der Waals surface area contributed by atoms with Crippen molar-refractivity contribution < 1.29 is 28.7 Å². The third-order valence-electron chi connectivity index (χ3n) is 3.23. The summed E-state index contributed by atoms with van der Waals surface area (Å²) in [7, 11) is 1.20. The fraction of sp³-hybridized carbons (Fsp3) is 0.267. The van der Waals surface area contributed by atoms with Gasteiger partial charge in [0.15, 0.2) is 11.6 Å². The number of hydrogen-bond acceptors (Lipinski definition) is 8. The lowest BCUT2D eigenvalue weighted by Gasteiger charge is -2.06. The van der Waals surface area contributed by atoms with Crippen LogP contribution < -0.4 is 21.3 Å². The van der Waals surface area contributed by atoms with Crippen LogP contribution in [0.1, 0.15) is 27.9 Å². The van der Waals surface area contributed by atoms with Gasteiger partial charge in [-0.2, -0.15) is 10.2 Å². The molecule has 0 bridgehead atoms. The second-order valence-corrected chi connectivity index (χ2v) is 5.51. The van der Waals surface area contributed by atoms with E-state index in [4.69, 9.17) is 0 Å². The normalized spacial score (nSPS) is 10.0. The minimum absolute atomic E-state index is 0.0410. The maximum absolute atomic E-state index is 11.9. The van der Waals surface area contributed by atoms with Gasteiger partial charge in [0.1, 0.15) is 11.4 Å².